The third kappa shape index (κ3) is 4.58. The van der Waals surface area contributed by atoms with Crippen LogP contribution >= 0.6 is 0 Å². The molecule has 12 heteroatoms. The second kappa shape index (κ2) is 9.53. The highest BCUT2D eigenvalue weighted by Gasteiger charge is 2.27. The molecular weight excluding hydrogens is 462 g/mol. The Morgan fingerprint density at radius 3 is 2.32 bits per heavy atom. The summed E-state index contributed by atoms with van der Waals surface area (Å²) in [5.41, 5.74) is 5.08. The molecule has 0 bridgehead atoms. The number of methoxy groups -OCH3 is 1. The Hall–Kier alpha value is -3.90. The fraction of sp³-hybridized carbons (Fsp3) is 0.227. The number of aromatic amines is 1. The molecule has 3 aromatic rings. The largest absolute Gasteiger partial charge is 0.495 e. The summed E-state index contributed by atoms with van der Waals surface area (Å²) in [4.78, 5) is 41.2. The highest BCUT2D eigenvalue weighted by atomic mass is 32.2. The number of aromatic nitrogens is 2. The molecule has 2 aromatic carbocycles. The number of H-pyrrole nitrogens is 1. The third-order valence-corrected chi connectivity index (χ3v) is 7.04. The molecule has 3 rings (SSSR count). The number of nitrogens with one attached hydrogen (secondary N) is 1. The van der Waals surface area contributed by atoms with E-state index < -0.39 is 27.2 Å². The number of carbonyl (C=O) groups is 1. The van der Waals surface area contributed by atoms with Gasteiger partial charge in [0.05, 0.1) is 13.7 Å². The summed E-state index contributed by atoms with van der Waals surface area (Å²) in [7, 11) is 1.40. The van der Waals surface area contributed by atoms with Crippen molar-refractivity contribution in [2.45, 2.75) is 11.4 Å². The fourth-order valence-electron chi connectivity index (χ4n) is 3.33. The zero-order chi connectivity index (χ0) is 25.2. The molecule has 0 aliphatic carbocycles. The number of nitrogens with two attached hydrogens (primary N) is 1. The number of rotatable bonds is 7. The van der Waals surface area contributed by atoms with Gasteiger partial charge in [0, 0.05) is 26.7 Å². The molecular formula is C22H25N5O6S. The molecule has 0 atom stereocenters. The van der Waals surface area contributed by atoms with Gasteiger partial charge < -0.3 is 15.4 Å². The summed E-state index contributed by atoms with van der Waals surface area (Å²) < 4.78 is 32.7. The van der Waals surface area contributed by atoms with Crippen LogP contribution in [0.1, 0.15) is 15.9 Å². The number of nitrogen functional groups attached to an aromatic ring is 1. The van der Waals surface area contributed by atoms with Gasteiger partial charge in [-0.1, -0.05) is 30.3 Å². The van der Waals surface area contributed by atoms with Crippen molar-refractivity contribution in [3.05, 3.63) is 80.5 Å². The smallest absolute Gasteiger partial charge is 0.330 e. The van der Waals surface area contributed by atoms with E-state index in [2.05, 4.69) is 4.98 Å². The lowest BCUT2D eigenvalue weighted by Crippen LogP contribution is -2.39. The summed E-state index contributed by atoms with van der Waals surface area (Å²) in [6.07, 6.45) is 0. The topological polar surface area (TPSA) is 148 Å². The highest BCUT2D eigenvalue weighted by molar-refractivity contribution is 7.89. The van der Waals surface area contributed by atoms with E-state index in [0.717, 1.165) is 25.4 Å². The highest BCUT2D eigenvalue weighted by Crippen LogP contribution is 2.28. The maximum atomic E-state index is 13.2. The Labute approximate surface area is 196 Å². The minimum atomic E-state index is -3.93. The van der Waals surface area contributed by atoms with Crippen LogP contribution < -0.4 is 26.6 Å². The van der Waals surface area contributed by atoms with Crippen LogP contribution in [0.5, 0.6) is 5.75 Å². The molecule has 11 nitrogen and oxygen atoms in total. The maximum absolute atomic E-state index is 13.2. The molecule has 0 saturated carbocycles. The number of amides is 1. The van der Waals surface area contributed by atoms with E-state index in [4.69, 9.17) is 10.5 Å². The van der Waals surface area contributed by atoms with Crippen molar-refractivity contribution in [1.29, 1.82) is 0 Å². The molecule has 1 aromatic heterocycles. The van der Waals surface area contributed by atoms with Gasteiger partial charge in [0.1, 0.15) is 16.5 Å². The predicted molar refractivity (Wildman–Crippen MR) is 128 cm³/mol. The number of hydrogen-bond acceptors (Lipinski definition) is 7. The molecule has 0 saturated heterocycles. The first-order chi connectivity index (χ1) is 16.0. The minimum Gasteiger partial charge on any atom is -0.495 e. The van der Waals surface area contributed by atoms with Crippen LogP contribution in [0.25, 0.3) is 0 Å². The second-order valence-corrected chi connectivity index (χ2v) is 9.70. The van der Waals surface area contributed by atoms with Crippen molar-refractivity contribution < 1.29 is 17.9 Å². The van der Waals surface area contributed by atoms with Crippen molar-refractivity contribution in [2.75, 3.05) is 38.9 Å². The third-order valence-electron chi connectivity index (χ3n) is 5.21. The van der Waals surface area contributed by atoms with E-state index in [1.807, 2.05) is 6.07 Å². The molecule has 3 N–H and O–H groups in total. The molecule has 180 valence electrons. The summed E-state index contributed by atoms with van der Waals surface area (Å²) >= 11 is 0. The fourth-order valence-corrected chi connectivity index (χ4v) is 4.40. The van der Waals surface area contributed by atoms with Crippen LogP contribution in [-0.4, -0.2) is 56.4 Å². The van der Waals surface area contributed by atoms with E-state index in [1.54, 1.807) is 24.3 Å². The molecule has 1 heterocycles. The number of sulfonamides is 1. The van der Waals surface area contributed by atoms with Gasteiger partial charge in [-0.05, 0) is 23.8 Å². The SMILES string of the molecule is COc1ccc(C(=O)N(C)c2c(N)n(Cc3ccccc3)c(=O)[nH]c2=O)cc1S(=O)(=O)N(C)C. The zero-order valence-corrected chi connectivity index (χ0v) is 19.9. The molecule has 0 unspecified atom stereocenters. The van der Waals surface area contributed by atoms with Gasteiger partial charge in [0.15, 0.2) is 5.69 Å². The lowest BCUT2D eigenvalue weighted by atomic mass is 10.2. The lowest BCUT2D eigenvalue weighted by Gasteiger charge is -2.21. The molecule has 0 aliphatic heterocycles. The van der Waals surface area contributed by atoms with Crippen LogP contribution in [0.2, 0.25) is 0 Å². The van der Waals surface area contributed by atoms with Crippen LogP contribution in [0, 0.1) is 0 Å². The number of anilines is 2. The Morgan fingerprint density at radius 2 is 1.74 bits per heavy atom. The van der Waals surface area contributed by atoms with Gasteiger partial charge in [-0.25, -0.2) is 17.5 Å². The predicted octanol–water partition coefficient (Wildman–Crippen LogP) is 0.703. The first-order valence-corrected chi connectivity index (χ1v) is 11.5. The monoisotopic (exact) mass is 487 g/mol. The quantitative estimate of drug-likeness (QED) is 0.498. The summed E-state index contributed by atoms with van der Waals surface area (Å²) in [6, 6.07) is 12.9. The first kappa shape index (κ1) is 24.7. The van der Waals surface area contributed by atoms with Crippen LogP contribution in [0.3, 0.4) is 0 Å². The Balaban J connectivity index is 2.08. The van der Waals surface area contributed by atoms with Crippen LogP contribution in [0.4, 0.5) is 11.5 Å². The van der Waals surface area contributed by atoms with E-state index in [1.165, 1.54) is 40.4 Å². The van der Waals surface area contributed by atoms with Gasteiger partial charge in [-0.2, -0.15) is 0 Å². The minimum absolute atomic E-state index is 0.0247. The Bertz CT molecular complexity index is 1440. The summed E-state index contributed by atoms with van der Waals surface area (Å²) in [6.45, 7) is 0.0745. The van der Waals surface area contributed by atoms with Crippen molar-refractivity contribution in [1.82, 2.24) is 13.9 Å². The molecule has 34 heavy (non-hydrogen) atoms. The zero-order valence-electron chi connectivity index (χ0n) is 19.1. The molecule has 0 spiro atoms. The Kier molecular flexibility index (Phi) is 6.93. The lowest BCUT2D eigenvalue weighted by molar-refractivity contribution is 0.0992. The molecule has 0 fully saturated rings. The average Bonchev–Trinajstić information content (AvgIpc) is 2.81. The summed E-state index contributed by atoms with van der Waals surface area (Å²) in [5.74, 6) is -0.857. The molecule has 0 aliphatic rings. The number of benzene rings is 2. The number of carbonyl (C=O) groups excluding carboxylic acids is 1. The first-order valence-electron chi connectivity index (χ1n) is 10.0. The maximum Gasteiger partial charge on any atom is 0.330 e. The van der Waals surface area contributed by atoms with Gasteiger partial charge in [0.2, 0.25) is 10.0 Å². The van der Waals surface area contributed by atoms with E-state index in [9.17, 15) is 22.8 Å². The van der Waals surface area contributed by atoms with Crippen molar-refractivity contribution in [3.8, 4) is 5.75 Å². The van der Waals surface area contributed by atoms with Gasteiger partial charge in [0.25, 0.3) is 11.5 Å². The van der Waals surface area contributed by atoms with Crippen molar-refractivity contribution in [3.63, 3.8) is 0 Å². The van der Waals surface area contributed by atoms with Crippen LogP contribution in [-0.2, 0) is 16.6 Å². The average molecular weight is 488 g/mol. The molecule has 1 amide bonds. The second-order valence-electron chi connectivity index (χ2n) is 7.58. The van der Waals surface area contributed by atoms with Gasteiger partial charge in [-0.3, -0.25) is 19.1 Å². The van der Waals surface area contributed by atoms with E-state index >= 15 is 0 Å². The van der Waals surface area contributed by atoms with E-state index in [-0.39, 0.29) is 34.3 Å². The number of ether oxygens (including phenoxy) is 1. The number of hydrogen-bond donors (Lipinski definition) is 2. The summed E-state index contributed by atoms with van der Waals surface area (Å²) in [5, 5.41) is 0. The standard InChI is InChI=1S/C22H25N5O6S/c1-25(2)34(31,32)17-12-15(10-11-16(17)33-4)21(29)26(3)18-19(23)27(22(30)24-20(18)28)13-14-8-6-5-7-9-14/h5-12H,13,23H2,1-4H3,(H,24,28,30). The normalized spacial score (nSPS) is 11.4. The van der Waals surface area contributed by atoms with Crippen molar-refractivity contribution >= 4 is 27.4 Å². The van der Waals surface area contributed by atoms with E-state index in [0.29, 0.717) is 0 Å². The van der Waals surface area contributed by atoms with Crippen molar-refractivity contribution in [2.24, 2.45) is 0 Å². The Morgan fingerprint density at radius 1 is 1.09 bits per heavy atom. The molecule has 0 radical (unpaired) electrons. The van der Waals surface area contributed by atoms with Gasteiger partial charge in [-0.15, -0.1) is 0 Å². The number of nitrogens with zero attached hydrogens (tertiary/aromatic N) is 3. The van der Waals surface area contributed by atoms with Crippen LogP contribution in [0.15, 0.2) is 63.0 Å². The van der Waals surface area contributed by atoms with Gasteiger partial charge >= 0.3 is 5.69 Å².